The van der Waals surface area contributed by atoms with Crippen molar-refractivity contribution >= 4 is 6.08 Å². The molecule has 1 aliphatic carbocycles. The van der Waals surface area contributed by atoms with E-state index in [1.54, 1.807) is 19.2 Å². The summed E-state index contributed by atoms with van der Waals surface area (Å²) in [5.74, 6) is 0.564. The number of ether oxygens (including phenoxy) is 1. The van der Waals surface area contributed by atoms with Crippen LogP contribution in [0.15, 0.2) is 60.8 Å². The van der Waals surface area contributed by atoms with Crippen molar-refractivity contribution in [1.29, 1.82) is 0 Å². The highest BCUT2D eigenvalue weighted by molar-refractivity contribution is 5.57. The molecule has 1 unspecified atom stereocenters. The molecule has 2 aromatic carbocycles. The van der Waals surface area contributed by atoms with Crippen molar-refractivity contribution in [2.24, 2.45) is 5.41 Å². The lowest BCUT2D eigenvalue weighted by molar-refractivity contribution is -0.0414. The van der Waals surface area contributed by atoms with Gasteiger partial charge in [0.15, 0.2) is 0 Å². The average molecular weight is 407 g/mol. The molecule has 4 rings (SSSR count). The molecule has 0 saturated heterocycles. The first-order valence-electron chi connectivity index (χ1n) is 10.2. The molecule has 1 aliphatic rings. The molecule has 3 aromatic rings. The minimum Gasteiger partial charge on any atom is -0.497 e. The number of nitrogens with zero attached hydrogens (tertiary/aromatic N) is 2. The van der Waals surface area contributed by atoms with Crippen LogP contribution in [0.2, 0.25) is 0 Å². The van der Waals surface area contributed by atoms with Crippen LogP contribution in [-0.4, -0.2) is 27.6 Å². The molecule has 5 heteroatoms. The minimum absolute atomic E-state index is 0.268. The van der Waals surface area contributed by atoms with Gasteiger partial charge in [0, 0.05) is 5.41 Å². The average Bonchev–Trinajstić information content (AvgIpc) is 3.16. The Morgan fingerprint density at radius 2 is 1.87 bits per heavy atom. The fraction of sp³-hybridized carbons (Fsp3) is 0.320. The highest BCUT2D eigenvalue weighted by Crippen LogP contribution is 2.43. The van der Waals surface area contributed by atoms with Crippen LogP contribution in [0.5, 0.6) is 5.75 Å². The quantitative estimate of drug-likeness (QED) is 0.628. The van der Waals surface area contributed by atoms with Crippen LogP contribution < -0.4 is 4.74 Å². The summed E-state index contributed by atoms with van der Waals surface area (Å²) in [5, 5.41) is 15.9. The maximum Gasteiger partial charge on any atom is 0.123 e. The Morgan fingerprint density at radius 3 is 2.53 bits per heavy atom. The van der Waals surface area contributed by atoms with Crippen LogP contribution in [0, 0.1) is 11.2 Å². The molecule has 0 aliphatic heterocycles. The Bertz CT molecular complexity index is 1050. The highest BCUT2D eigenvalue weighted by Gasteiger charge is 2.43. The van der Waals surface area contributed by atoms with Gasteiger partial charge in [0.1, 0.15) is 11.6 Å². The molecule has 1 aromatic heterocycles. The molecule has 0 bridgehead atoms. The van der Waals surface area contributed by atoms with Gasteiger partial charge in [-0.3, -0.25) is 0 Å². The number of hydrogen-bond donors (Lipinski definition) is 1. The maximum atomic E-state index is 13.3. The second kappa shape index (κ2) is 7.73. The van der Waals surface area contributed by atoms with Crippen molar-refractivity contribution in [2.45, 2.75) is 38.7 Å². The van der Waals surface area contributed by atoms with Crippen molar-refractivity contribution in [1.82, 2.24) is 9.78 Å². The normalized spacial score (nSPS) is 19.9. The fourth-order valence-corrected chi connectivity index (χ4v) is 4.05. The monoisotopic (exact) mass is 406 g/mol. The van der Waals surface area contributed by atoms with Gasteiger partial charge in [-0.2, -0.15) is 5.10 Å². The molecule has 156 valence electrons. The molecule has 0 saturated carbocycles. The van der Waals surface area contributed by atoms with Gasteiger partial charge in [-0.15, -0.1) is 0 Å². The number of aryl methyl sites for hydroxylation is 1. The zero-order valence-electron chi connectivity index (χ0n) is 17.6. The van der Waals surface area contributed by atoms with E-state index in [1.165, 1.54) is 17.7 Å². The third kappa shape index (κ3) is 3.77. The smallest absolute Gasteiger partial charge is 0.123 e. The second-order valence-corrected chi connectivity index (χ2v) is 8.49. The number of halogens is 1. The molecular formula is C25H27FN2O2. The molecule has 1 heterocycles. The summed E-state index contributed by atoms with van der Waals surface area (Å²) in [6.07, 6.45) is 8.07. The van der Waals surface area contributed by atoms with Gasteiger partial charge in [0.05, 0.1) is 30.3 Å². The van der Waals surface area contributed by atoms with Gasteiger partial charge in [-0.1, -0.05) is 25.1 Å². The Morgan fingerprint density at radius 1 is 1.17 bits per heavy atom. The van der Waals surface area contributed by atoms with E-state index in [0.717, 1.165) is 29.1 Å². The SMILES string of the molecule is COc1ccc(CC[C@](C)(O)C2(C)C=Cc3c(cnn3-c3ccc(F)cc3)C2)cc1. The Labute approximate surface area is 176 Å². The molecular weight excluding hydrogens is 379 g/mol. The van der Waals surface area contributed by atoms with Crippen molar-refractivity contribution < 1.29 is 14.2 Å². The fourth-order valence-electron chi connectivity index (χ4n) is 4.05. The lowest BCUT2D eigenvalue weighted by Gasteiger charge is -2.42. The first-order chi connectivity index (χ1) is 14.3. The van der Waals surface area contributed by atoms with Crippen molar-refractivity contribution in [3.05, 3.63) is 83.4 Å². The number of benzene rings is 2. The minimum atomic E-state index is -0.890. The van der Waals surface area contributed by atoms with Gasteiger partial charge in [-0.05, 0) is 79.8 Å². The van der Waals surface area contributed by atoms with E-state index in [2.05, 4.69) is 18.1 Å². The zero-order valence-corrected chi connectivity index (χ0v) is 17.6. The summed E-state index contributed by atoms with van der Waals surface area (Å²) in [7, 11) is 1.66. The summed E-state index contributed by atoms with van der Waals surface area (Å²) in [4.78, 5) is 0. The van der Waals surface area contributed by atoms with E-state index in [-0.39, 0.29) is 5.82 Å². The summed E-state index contributed by atoms with van der Waals surface area (Å²) in [6.45, 7) is 4.01. The van der Waals surface area contributed by atoms with Gasteiger partial charge in [0.2, 0.25) is 0 Å². The number of fused-ring (bicyclic) bond motifs is 1. The number of methoxy groups -OCH3 is 1. The Hall–Kier alpha value is -2.92. The first-order valence-corrected chi connectivity index (χ1v) is 10.2. The lowest BCUT2D eigenvalue weighted by atomic mass is 9.66. The third-order valence-electron chi connectivity index (χ3n) is 6.41. The maximum absolute atomic E-state index is 13.3. The zero-order chi connectivity index (χ0) is 21.4. The lowest BCUT2D eigenvalue weighted by Crippen LogP contribution is -2.45. The molecule has 1 N–H and O–H groups in total. The molecule has 0 radical (unpaired) electrons. The van der Waals surface area contributed by atoms with E-state index < -0.39 is 11.0 Å². The van der Waals surface area contributed by atoms with Crippen molar-refractivity contribution in [3.63, 3.8) is 0 Å². The van der Waals surface area contributed by atoms with E-state index >= 15 is 0 Å². The van der Waals surface area contributed by atoms with E-state index in [4.69, 9.17) is 4.74 Å². The second-order valence-electron chi connectivity index (χ2n) is 8.49. The van der Waals surface area contributed by atoms with Gasteiger partial charge >= 0.3 is 0 Å². The van der Waals surface area contributed by atoms with Crippen LogP contribution >= 0.6 is 0 Å². The van der Waals surface area contributed by atoms with E-state index in [1.807, 2.05) is 48.1 Å². The number of aliphatic hydroxyl groups is 1. The van der Waals surface area contributed by atoms with Crippen LogP contribution in [-0.2, 0) is 12.8 Å². The number of hydrogen-bond acceptors (Lipinski definition) is 3. The standard InChI is InChI=1S/C25H27FN2O2/c1-24(25(2,29)15-12-18-4-10-22(30-3)11-5-18)14-13-23-19(16-24)17-27-28(23)21-8-6-20(26)7-9-21/h4-11,13-14,17,29H,12,15-16H2,1-3H3/t24?,25-/m0/s1. The third-order valence-corrected chi connectivity index (χ3v) is 6.41. The topological polar surface area (TPSA) is 47.3 Å². The number of aromatic nitrogens is 2. The van der Waals surface area contributed by atoms with Crippen LogP contribution in [0.3, 0.4) is 0 Å². The summed E-state index contributed by atoms with van der Waals surface area (Å²) >= 11 is 0. The van der Waals surface area contributed by atoms with Crippen LogP contribution in [0.25, 0.3) is 11.8 Å². The predicted octanol–water partition coefficient (Wildman–Crippen LogP) is 4.98. The molecule has 0 fully saturated rings. The summed E-state index contributed by atoms with van der Waals surface area (Å²) in [6, 6.07) is 14.3. The Balaban J connectivity index is 1.52. The summed E-state index contributed by atoms with van der Waals surface area (Å²) < 4.78 is 20.3. The van der Waals surface area contributed by atoms with E-state index in [9.17, 15) is 9.50 Å². The van der Waals surface area contributed by atoms with Crippen molar-refractivity contribution in [2.75, 3.05) is 7.11 Å². The molecule has 0 spiro atoms. The molecule has 0 amide bonds. The summed E-state index contributed by atoms with van der Waals surface area (Å²) in [5.41, 5.74) is 2.74. The van der Waals surface area contributed by atoms with Crippen LogP contribution in [0.1, 0.15) is 37.1 Å². The van der Waals surface area contributed by atoms with Crippen LogP contribution in [0.4, 0.5) is 4.39 Å². The number of rotatable bonds is 6. The van der Waals surface area contributed by atoms with Gasteiger partial charge in [-0.25, -0.2) is 9.07 Å². The highest BCUT2D eigenvalue weighted by atomic mass is 19.1. The first kappa shape index (κ1) is 20.4. The van der Waals surface area contributed by atoms with Gasteiger partial charge in [0.25, 0.3) is 0 Å². The van der Waals surface area contributed by atoms with E-state index in [0.29, 0.717) is 12.8 Å². The Kier molecular flexibility index (Phi) is 5.24. The van der Waals surface area contributed by atoms with Gasteiger partial charge < -0.3 is 9.84 Å². The largest absolute Gasteiger partial charge is 0.497 e. The predicted molar refractivity (Wildman–Crippen MR) is 116 cm³/mol. The molecule has 2 atom stereocenters. The molecule has 30 heavy (non-hydrogen) atoms. The molecule has 4 nitrogen and oxygen atoms in total. The van der Waals surface area contributed by atoms with Crippen molar-refractivity contribution in [3.8, 4) is 11.4 Å².